The number of fused-ring (bicyclic) bond motifs is 3. The van der Waals surface area contributed by atoms with Crippen LogP contribution in [0.1, 0.15) is 45.2 Å². The molecule has 1 unspecified atom stereocenters. The number of H-pyrrole nitrogens is 1. The van der Waals surface area contributed by atoms with Gasteiger partial charge in [0.1, 0.15) is 0 Å². The summed E-state index contributed by atoms with van der Waals surface area (Å²) in [7, 11) is 0. The van der Waals surface area contributed by atoms with Gasteiger partial charge in [0.25, 0.3) is 5.56 Å². The van der Waals surface area contributed by atoms with Crippen molar-refractivity contribution >= 4 is 11.8 Å². The van der Waals surface area contributed by atoms with Gasteiger partial charge in [-0.1, -0.05) is 63.7 Å². The molecule has 1 aliphatic carbocycles. The van der Waals surface area contributed by atoms with E-state index in [2.05, 4.69) is 50.9 Å². The molecule has 1 aromatic carbocycles. The molecule has 1 heterocycles. The summed E-state index contributed by atoms with van der Waals surface area (Å²) in [5, 5.41) is 1.10. The second-order valence-electron chi connectivity index (χ2n) is 6.51. The van der Waals surface area contributed by atoms with Crippen LogP contribution in [0.15, 0.2) is 34.2 Å². The van der Waals surface area contributed by atoms with Crippen LogP contribution in [0.3, 0.4) is 0 Å². The van der Waals surface area contributed by atoms with Crippen molar-refractivity contribution < 1.29 is 0 Å². The minimum absolute atomic E-state index is 0.0204. The first-order valence-electron chi connectivity index (χ1n) is 7.84. The van der Waals surface area contributed by atoms with Gasteiger partial charge in [-0.25, -0.2) is 4.98 Å². The van der Waals surface area contributed by atoms with E-state index in [0.29, 0.717) is 10.4 Å². The van der Waals surface area contributed by atoms with Crippen molar-refractivity contribution in [2.24, 2.45) is 0 Å². The first-order valence-corrected chi connectivity index (χ1v) is 8.72. The molecular formula is C18H22N2OS. The Morgan fingerprint density at radius 1 is 1.36 bits per heavy atom. The van der Waals surface area contributed by atoms with Crippen molar-refractivity contribution in [3.63, 3.8) is 0 Å². The Morgan fingerprint density at radius 2 is 2.09 bits per heavy atom. The van der Waals surface area contributed by atoms with Gasteiger partial charge in [0, 0.05) is 21.8 Å². The maximum atomic E-state index is 12.7. The van der Waals surface area contributed by atoms with Gasteiger partial charge < -0.3 is 4.98 Å². The molecule has 4 heteroatoms. The molecule has 3 nitrogen and oxygen atoms in total. The normalized spacial score (nSPS) is 19.9. The molecule has 0 bridgehead atoms. The van der Waals surface area contributed by atoms with Crippen molar-refractivity contribution in [3.05, 3.63) is 45.7 Å². The largest absolute Gasteiger partial charge is 0.301 e. The molecule has 0 fully saturated rings. The van der Waals surface area contributed by atoms with E-state index in [4.69, 9.17) is 4.98 Å². The highest BCUT2D eigenvalue weighted by atomic mass is 32.2. The number of aromatic nitrogens is 2. The predicted molar refractivity (Wildman–Crippen MR) is 92.6 cm³/mol. The van der Waals surface area contributed by atoms with Crippen molar-refractivity contribution in [3.8, 4) is 11.3 Å². The Labute approximate surface area is 135 Å². The average molecular weight is 314 g/mol. The Balaban J connectivity index is 2.28. The fourth-order valence-electron chi connectivity index (χ4n) is 3.20. The minimum atomic E-state index is -0.148. The molecule has 0 spiro atoms. The second-order valence-corrected chi connectivity index (χ2v) is 8.07. The van der Waals surface area contributed by atoms with Crippen LogP contribution in [0.25, 0.3) is 11.3 Å². The number of hydrogen-bond donors (Lipinski definition) is 1. The van der Waals surface area contributed by atoms with Crippen LogP contribution in [0.2, 0.25) is 0 Å². The molecule has 0 radical (unpaired) electrons. The Hall–Kier alpha value is -1.55. The lowest BCUT2D eigenvalue weighted by molar-refractivity contribution is 0.438. The molecule has 0 saturated heterocycles. The quantitative estimate of drug-likeness (QED) is 0.683. The monoisotopic (exact) mass is 314 g/mol. The lowest BCUT2D eigenvalue weighted by atomic mass is 9.69. The van der Waals surface area contributed by atoms with Crippen LogP contribution in [-0.4, -0.2) is 15.2 Å². The standard InChI is InChI=1S/C18H22N2OS/c1-5-18(4)10-12-8-6-7-9-13(12)15-14(18)16(21)20-17(19-15)22-11(2)3/h6-9,11H,5,10H2,1-4H3,(H,19,20,21). The fraction of sp³-hybridized carbons (Fsp3) is 0.444. The summed E-state index contributed by atoms with van der Waals surface area (Å²) in [6, 6.07) is 8.33. The predicted octanol–water partition coefficient (Wildman–Crippen LogP) is 4.16. The molecule has 0 amide bonds. The smallest absolute Gasteiger partial charge is 0.255 e. The molecule has 2 aromatic rings. The maximum Gasteiger partial charge on any atom is 0.255 e. The van der Waals surface area contributed by atoms with E-state index in [9.17, 15) is 4.79 Å². The maximum absolute atomic E-state index is 12.7. The van der Waals surface area contributed by atoms with E-state index in [1.54, 1.807) is 11.8 Å². The van der Waals surface area contributed by atoms with Crippen LogP contribution in [0.5, 0.6) is 0 Å². The molecule has 1 atom stereocenters. The van der Waals surface area contributed by atoms with Gasteiger partial charge in [0.2, 0.25) is 0 Å². The van der Waals surface area contributed by atoms with E-state index in [1.807, 2.05) is 6.07 Å². The molecule has 1 N–H and O–H groups in total. The van der Waals surface area contributed by atoms with Crippen LogP contribution < -0.4 is 5.56 Å². The summed E-state index contributed by atoms with van der Waals surface area (Å²) in [4.78, 5) is 20.5. The van der Waals surface area contributed by atoms with Crippen LogP contribution >= 0.6 is 11.8 Å². The SMILES string of the molecule is CCC1(C)Cc2ccccc2-c2nc(SC(C)C)[nH]c(=O)c21. The number of rotatable bonds is 3. The number of nitrogens with zero attached hydrogens (tertiary/aromatic N) is 1. The summed E-state index contributed by atoms with van der Waals surface area (Å²) in [6.45, 7) is 8.53. The third kappa shape index (κ3) is 2.50. The summed E-state index contributed by atoms with van der Waals surface area (Å²) >= 11 is 1.60. The van der Waals surface area contributed by atoms with Gasteiger partial charge in [-0.15, -0.1) is 0 Å². The third-order valence-corrected chi connectivity index (χ3v) is 5.37. The van der Waals surface area contributed by atoms with E-state index >= 15 is 0 Å². The molecule has 3 rings (SSSR count). The summed E-state index contributed by atoms with van der Waals surface area (Å²) in [5.74, 6) is 0. The Morgan fingerprint density at radius 3 is 2.77 bits per heavy atom. The zero-order valence-electron chi connectivity index (χ0n) is 13.6. The van der Waals surface area contributed by atoms with Gasteiger partial charge in [-0.2, -0.15) is 0 Å². The van der Waals surface area contributed by atoms with Crippen molar-refractivity contribution in [2.45, 2.75) is 56.4 Å². The highest BCUT2D eigenvalue weighted by molar-refractivity contribution is 7.99. The zero-order chi connectivity index (χ0) is 15.9. The highest BCUT2D eigenvalue weighted by Gasteiger charge is 2.37. The lowest BCUT2D eigenvalue weighted by Gasteiger charge is -2.35. The second kappa shape index (κ2) is 5.58. The van der Waals surface area contributed by atoms with Gasteiger partial charge in [0.15, 0.2) is 5.16 Å². The molecule has 1 aliphatic rings. The van der Waals surface area contributed by atoms with Gasteiger partial charge in [-0.3, -0.25) is 4.79 Å². The average Bonchev–Trinajstić information content (AvgIpc) is 2.46. The molecule has 116 valence electrons. The van der Waals surface area contributed by atoms with E-state index in [-0.39, 0.29) is 11.0 Å². The third-order valence-electron chi connectivity index (χ3n) is 4.48. The van der Waals surface area contributed by atoms with Gasteiger partial charge >= 0.3 is 0 Å². The number of aromatic amines is 1. The molecule has 1 aromatic heterocycles. The topological polar surface area (TPSA) is 45.8 Å². The number of thioether (sulfide) groups is 1. The number of nitrogens with one attached hydrogen (secondary N) is 1. The minimum Gasteiger partial charge on any atom is -0.301 e. The number of hydrogen-bond acceptors (Lipinski definition) is 3. The van der Waals surface area contributed by atoms with E-state index < -0.39 is 0 Å². The first kappa shape index (κ1) is 15.3. The molecule has 22 heavy (non-hydrogen) atoms. The fourth-order valence-corrected chi connectivity index (χ4v) is 3.94. The number of benzene rings is 1. The Bertz CT molecular complexity index is 766. The van der Waals surface area contributed by atoms with E-state index in [1.165, 1.54) is 5.56 Å². The van der Waals surface area contributed by atoms with Crippen molar-refractivity contribution in [1.82, 2.24) is 9.97 Å². The highest BCUT2D eigenvalue weighted by Crippen LogP contribution is 2.42. The van der Waals surface area contributed by atoms with Crippen LogP contribution in [0, 0.1) is 0 Å². The van der Waals surface area contributed by atoms with E-state index in [0.717, 1.165) is 29.7 Å². The van der Waals surface area contributed by atoms with Crippen molar-refractivity contribution in [1.29, 1.82) is 0 Å². The van der Waals surface area contributed by atoms with Gasteiger partial charge in [-0.05, 0) is 18.4 Å². The summed E-state index contributed by atoms with van der Waals surface area (Å²) in [6.07, 6.45) is 1.82. The van der Waals surface area contributed by atoms with Gasteiger partial charge in [0.05, 0.1) is 5.69 Å². The molecule has 0 saturated carbocycles. The Kier molecular flexibility index (Phi) is 3.89. The summed E-state index contributed by atoms with van der Waals surface area (Å²) < 4.78 is 0. The van der Waals surface area contributed by atoms with Crippen LogP contribution in [-0.2, 0) is 11.8 Å². The first-order chi connectivity index (χ1) is 10.4. The van der Waals surface area contributed by atoms with Crippen LogP contribution in [0.4, 0.5) is 0 Å². The summed E-state index contributed by atoms with van der Waals surface area (Å²) in [5.41, 5.74) is 4.00. The molecular weight excluding hydrogens is 292 g/mol. The van der Waals surface area contributed by atoms with Crippen molar-refractivity contribution in [2.75, 3.05) is 0 Å². The zero-order valence-corrected chi connectivity index (χ0v) is 14.4. The molecule has 0 aliphatic heterocycles. The lowest BCUT2D eigenvalue weighted by Crippen LogP contribution is -2.36.